The third-order valence-electron chi connectivity index (χ3n) is 4.63. The summed E-state index contributed by atoms with van der Waals surface area (Å²) in [6.45, 7) is 0. The van der Waals surface area contributed by atoms with Gasteiger partial charge in [0.05, 0.1) is 35.5 Å². The molecule has 0 aliphatic heterocycles. The summed E-state index contributed by atoms with van der Waals surface area (Å²) in [5, 5.41) is 14.1. The number of benzene rings is 1. The van der Waals surface area contributed by atoms with Crippen LogP contribution in [0.15, 0.2) is 67.3 Å². The van der Waals surface area contributed by atoms with E-state index in [0.717, 1.165) is 11.8 Å². The van der Waals surface area contributed by atoms with Crippen LogP contribution in [0.4, 0.5) is 14.6 Å². The number of nitrogens with zero attached hydrogens (tertiary/aromatic N) is 5. The summed E-state index contributed by atoms with van der Waals surface area (Å²) in [7, 11) is 0. The fourth-order valence-electron chi connectivity index (χ4n) is 3.15. The van der Waals surface area contributed by atoms with Crippen molar-refractivity contribution in [2.75, 3.05) is 5.32 Å². The fraction of sp³-hybridized carbons (Fsp3) is 0. The lowest BCUT2D eigenvalue weighted by Gasteiger charge is -2.03. The second-order valence-corrected chi connectivity index (χ2v) is 6.62. The van der Waals surface area contributed by atoms with Gasteiger partial charge in [-0.3, -0.25) is 14.9 Å². The molecule has 0 saturated heterocycles. The van der Waals surface area contributed by atoms with Gasteiger partial charge >= 0.3 is 0 Å². The van der Waals surface area contributed by atoms with Crippen molar-refractivity contribution in [1.29, 1.82) is 0 Å². The monoisotopic (exact) mass is 417 g/mol. The summed E-state index contributed by atoms with van der Waals surface area (Å²) in [5.41, 5.74) is 3.11. The number of amides is 1. The maximum Gasteiger partial charge on any atom is 0.259 e. The van der Waals surface area contributed by atoms with Crippen LogP contribution in [-0.2, 0) is 0 Å². The average molecular weight is 417 g/mol. The SMILES string of the molecule is O=C(Nc1cn2nc(-c3cn[nH]c3-c3ccc(F)cc3)ccc2n1)c1ccncc1F. The van der Waals surface area contributed by atoms with Gasteiger partial charge in [0.1, 0.15) is 5.82 Å². The topological polar surface area (TPSA) is 101 Å². The first-order chi connectivity index (χ1) is 15.1. The lowest BCUT2D eigenvalue weighted by molar-refractivity contribution is 0.102. The van der Waals surface area contributed by atoms with Gasteiger partial charge in [-0.1, -0.05) is 0 Å². The van der Waals surface area contributed by atoms with Crippen molar-refractivity contribution in [3.8, 4) is 22.5 Å². The number of rotatable bonds is 4. The standard InChI is InChI=1S/C21H13F2N7O/c22-13-3-1-12(2-4-13)20-15(9-25-28-20)17-5-6-19-26-18(11-30(19)29-17)27-21(31)14-7-8-24-10-16(14)23/h1-11H,(H,25,28)(H,27,31). The molecule has 0 aliphatic rings. The van der Waals surface area contributed by atoms with Crippen molar-refractivity contribution >= 4 is 17.4 Å². The maximum atomic E-state index is 13.8. The highest BCUT2D eigenvalue weighted by Crippen LogP contribution is 2.29. The van der Waals surface area contributed by atoms with E-state index >= 15 is 0 Å². The number of hydrogen-bond acceptors (Lipinski definition) is 5. The van der Waals surface area contributed by atoms with Crippen LogP contribution in [0.5, 0.6) is 0 Å². The zero-order valence-electron chi connectivity index (χ0n) is 15.8. The molecule has 0 unspecified atom stereocenters. The largest absolute Gasteiger partial charge is 0.305 e. The van der Waals surface area contributed by atoms with Gasteiger partial charge < -0.3 is 5.32 Å². The molecule has 10 heteroatoms. The zero-order valence-corrected chi connectivity index (χ0v) is 15.8. The molecule has 0 saturated carbocycles. The molecule has 0 atom stereocenters. The molecule has 0 fully saturated rings. The van der Waals surface area contributed by atoms with Gasteiger partial charge in [-0.25, -0.2) is 18.3 Å². The quantitative estimate of drug-likeness (QED) is 0.464. The Morgan fingerprint density at radius 1 is 1.03 bits per heavy atom. The minimum absolute atomic E-state index is 0.136. The van der Waals surface area contributed by atoms with E-state index in [9.17, 15) is 13.6 Å². The van der Waals surface area contributed by atoms with Gasteiger partial charge in [-0.15, -0.1) is 0 Å². The molecular weight excluding hydrogens is 404 g/mol. The van der Waals surface area contributed by atoms with Gasteiger partial charge in [0, 0.05) is 17.3 Å². The van der Waals surface area contributed by atoms with Crippen molar-refractivity contribution < 1.29 is 13.6 Å². The Hall–Kier alpha value is -4.47. The van der Waals surface area contributed by atoms with Crippen molar-refractivity contribution in [1.82, 2.24) is 29.8 Å². The number of H-pyrrole nitrogens is 1. The number of pyridine rings is 1. The van der Waals surface area contributed by atoms with E-state index in [1.165, 1.54) is 35.1 Å². The molecule has 4 aromatic heterocycles. The highest BCUT2D eigenvalue weighted by molar-refractivity contribution is 6.03. The van der Waals surface area contributed by atoms with E-state index < -0.39 is 11.7 Å². The average Bonchev–Trinajstić information content (AvgIpc) is 3.40. The predicted molar refractivity (Wildman–Crippen MR) is 108 cm³/mol. The first-order valence-electron chi connectivity index (χ1n) is 9.15. The molecule has 5 rings (SSSR count). The van der Waals surface area contributed by atoms with Crippen LogP contribution in [0.3, 0.4) is 0 Å². The van der Waals surface area contributed by atoms with Crippen LogP contribution in [0.25, 0.3) is 28.2 Å². The van der Waals surface area contributed by atoms with Crippen molar-refractivity contribution in [3.05, 3.63) is 84.4 Å². The molecule has 0 spiro atoms. The highest BCUT2D eigenvalue weighted by atomic mass is 19.1. The number of hydrogen-bond donors (Lipinski definition) is 2. The molecular formula is C21H13F2N7O. The highest BCUT2D eigenvalue weighted by Gasteiger charge is 2.15. The molecule has 0 bridgehead atoms. The molecule has 0 radical (unpaired) electrons. The summed E-state index contributed by atoms with van der Waals surface area (Å²) in [6.07, 6.45) is 5.45. The molecule has 8 nitrogen and oxygen atoms in total. The van der Waals surface area contributed by atoms with E-state index in [-0.39, 0.29) is 17.2 Å². The van der Waals surface area contributed by atoms with E-state index in [4.69, 9.17) is 0 Å². The van der Waals surface area contributed by atoms with Gasteiger partial charge in [0.2, 0.25) is 0 Å². The summed E-state index contributed by atoms with van der Waals surface area (Å²) in [4.78, 5) is 20.2. The minimum Gasteiger partial charge on any atom is -0.305 e. The molecule has 4 heterocycles. The number of carbonyl (C=O) groups is 1. The van der Waals surface area contributed by atoms with Crippen molar-refractivity contribution in [2.45, 2.75) is 0 Å². The molecule has 2 N–H and O–H groups in total. The molecule has 5 aromatic rings. The van der Waals surface area contributed by atoms with Crippen LogP contribution in [0, 0.1) is 11.6 Å². The molecule has 31 heavy (non-hydrogen) atoms. The lowest BCUT2D eigenvalue weighted by Crippen LogP contribution is -2.14. The number of nitrogens with one attached hydrogen (secondary N) is 2. The zero-order chi connectivity index (χ0) is 21.4. The Morgan fingerprint density at radius 3 is 2.68 bits per heavy atom. The molecule has 1 aromatic carbocycles. The van der Waals surface area contributed by atoms with Gasteiger partial charge in [-0.05, 0) is 42.5 Å². The van der Waals surface area contributed by atoms with Crippen molar-refractivity contribution in [2.24, 2.45) is 0 Å². The third-order valence-corrected chi connectivity index (χ3v) is 4.63. The van der Waals surface area contributed by atoms with Crippen LogP contribution < -0.4 is 5.32 Å². The minimum atomic E-state index is -0.725. The second kappa shape index (κ2) is 7.41. The number of aromatic nitrogens is 6. The van der Waals surface area contributed by atoms with E-state index in [2.05, 4.69) is 30.6 Å². The second-order valence-electron chi connectivity index (χ2n) is 6.62. The normalized spacial score (nSPS) is 11.0. The predicted octanol–water partition coefficient (Wildman–Crippen LogP) is 3.71. The molecule has 1 amide bonds. The van der Waals surface area contributed by atoms with Crippen LogP contribution >= 0.6 is 0 Å². The Bertz CT molecular complexity index is 1410. The third kappa shape index (κ3) is 3.50. The Kier molecular flexibility index (Phi) is 4.43. The Labute approximate surface area is 173 Å². The van der Waals surface area contributed by atoms with E-state index in [0.29, 0.717) is 22.6 Å². The first-order valence-corrected chi connectivity index (χ1v) is 9.15. The van der Waals surface area contributed by atoms with E-state index in [1.54, 1.807) is 30.5 Å². The maximum absolute atomic E-state index is 13.8. The number of imidazole rings is 1. The van der Waals surface area contributed by atoms with Gasteiger partial charge in [-0.2, -0.15) is 10.2 Å². The number of carbonyl (C=O) groups excluding carboxylic acids is 1. The van der Waals surface area contributed by atoms with Crippen LogP contribution in [-0.4, -0.2) is 35.7 Å². The summed E-state index contributed by atoms with van der Waals surface area (Å²) in [6, 6.07) is 10.8. The number of halogens is 2. The van der Waals surface area contributed by atoms with E-state index in [1.807, 2.05) is 0 Å². The smallest absolute Gasteiger partial charge is 0.259 e. The summed E-state index contributed by atoms with van der Waals surface area (Å²) >= 11 is 0. The summed E-state index contributed by atoms with van der Waals surface area (Å²) in [5.74, 6) is -1.48. The van der Waals surface area contributed by atoms with Crippen LogP contribution in [0.2, 0.25) is 0 Å². The number of aromatic amines is 1. The molecule has 0 aliphatic carbocycles. The molecule has 152 valence electrons. The first kappa shape index (κ1) is 18.6. The Morgan fingerprint density at radius 2 is 1.87 bits per heavy atom. The fourth-order valence-corrected chi connectivity index (χ4v) is 3.15. The Balaban J connectivity index is 1.46. The van der Waals surface area contributed by atoms with Gasteiger partial charge in [0.15, 0.2) is 17.3 Å². The van der Waals surface area contributed by atoms with Crippen molar-refractivity contribution in [3.63, 3.8) is 0 Å². The lowest BCUT2D eigenvalue weighted by atomic mass is 10.1. The number of fused-ring (bicyclic) bond motifs is 1. The number of anilines is 1. The van der Waals surface area contributed by atoms with Crippen LogP contribution in [0.1, 0.15) is 10.4 Å². The summed E-state index contributed by atoms with van der Waals surface area (Å²) < 4.78 is 28.5. The van der Waals surface area contributed by atoms with Gasteiger partial charge in [0.25, 0.3) is 5.91 Å².